The minimum Gasteiger partial charge on any atom is -0.436 e. The highest BCUT2D eigenvalue weighted by atomic mass is 31.2. The zero-order valence-electron chi connectivity index (χ0n) is 27.3. The van der Waals surface area contributed by atoms with Crippen LogP contribution in [-0.4, -0.2) is 36.8 Å². The summed E-state index contributed by atoms with van der Waals surface area (Å²) in [5, 5.41) is 0. The normalized spacial score (nSPS) is 15.4. The van der Waals surface area contributed by atoms with Crippen molar-refractivity contribution in [2.45, 2.75) is 106 Å². The highest BCUT2D eigenvalue weighted by Crippen LogP contribution is 2.57. The predicted octanol–water partition coefficient (Wildman–Crippen LogP) is 9.21. The van der Waals surface area contributed by atoms with Crippen LogP contribution >= 0.6 is 15.2 Å². The number of aryl methyl sites for hydroxylation is 2. The fraction of sp³-hybridized carbons (Fsp3) is 0.562. The molecule has 0 aromatic heterocycles. The molecular formula is C32H48O10P2. The second-order valence-corrected chi connectivity index (χ2v) is 14.8. The zero-order chi connectivity index (χ0) is 32.9. The number of hydrogen-bond donors (Lipinski definition) is 0. The molecular weight excluding hydrogens is 606 g/mol. The molecule has 0 heterocycles. The summed E-state index contributed by atoms with van der Waals surface area (Å²) in [4.78, 5) is 23.1. The van der Waals surface area contributed by atoms with Crippen LogP contribution < -0.4 is 9.05 Å². The Morgan fingerprint density at radius 2 is 1.25 bits per heavy atom. The third-order valence-electron chi connectivity index (χ3n) is 6.25. The first-order valence-electron chi connectivity index (χ1n) is 15.3. The van der Waals surface area contributed by atoms with Gasteiger partial charge in [-0.1, -0.05) is 63.4 Å². The molecule has 12 heteroatoms. The van der Waals surface area contributed by atoms with Gasteiger partial charge in [0.2, 0.25) is 12.6 Å². The summed E-state index contributed by atoms with van der Waals surface area (Å²) >= 11 is 0. The molecule has 2 aromatic rings. The number of esters is 2. The standard InChI is InChI=1S/C32H48O10P2/c1-9-12-13-16-28-21-30(41-43(35,18-10-2)39-26(7)37-24(5)33)32(29-17-14-15-23(4)20-29)31(22-28)42-44(36,19-11-3)40-27(8)38-25(6)34/h14-15,17,20-22,26-27H,9-13,16,18-19H2,1-8H3. The molecule has 0 saturated carbocycles. The molecule has 0 aliphatic rings. The second kappa shape index (κ2) is 17.7. The van der Waals surface area contributed by atoms with Crippen LogP contribution in [0.25, 0.3) is 11.1 Å². The average Bonchev–Trinajstić information content (AvgIpc) is 2.87. The molecule has 10 nitrogen and oxygen atoms in total. The molecule has 0 fully saturated rings. The van der Waals surface area contributed by atoms with Crippen molar-refractivity contribution >= 4 is 27.1 Å². The largest absolute Gasteiger partial charge is 0.436 e. The number of carbonyl (C=O) groups excluding carboxylic acids is 2. The molecule has 2 aromatic carbocycles. The molecule has 0 saturated heterocycles. The Morgan fingerprint density at radius 3 is 1.66 bits per heavy atom. The van der Waals surface area contributed by atoms with Gasteiger partial charge in [-0.25, -0.2) is 9.13 Å². The van der Waals surface area contributed by atoms with Crippen molar-refractivity contribution in [3.63, 3.8) is 0 Å². The van der Waals surface area contributed by atoms with Crippen molar-refractivity contribution in [1.29, 1.82) is 0 Å². The first kappa shape index (κ1) is 37.5. The Morgan fingerprint density at radius 1 is 0.750 bits per heavy atom. The van der Waals surface area contributed by atoms with Gasteiger partial charge in [-0.3, -0.25) is 18.6 Å². The van der Waals surface area contributed by atoms with E-state index in [0.717, 1.165) is 30.4 Å². The minimum atomic E-state index is -3.88. The molecule has 0 N–H and O–H groups in total. The molecule has 0 radical (unpaired) electrons. The summed E-state index contributed by atoms with van der Waals surface area (Å²) in [7, 11) is -7.75. The maximum absolute atomic E-state index is 14.1. The second-order valence-electron chi connectivity index (χ2n) is 10.7. The number of hydrogen-bond acceptors (Lipinski definition) is 10. The first-order valence-corrected chi connectivity index (χ1v) is 18.7. The number of rotatable bonds is 19. The van der Waals surface area contributed by atoms with Gasteiger partial charge in [0.05, 0.1) is 17.9 Å². The van der Waals surface area contributed by atoms with Gasteiger partial charge in [-0.15, -0.1) is 0 Å². The van der Waals surface area contributed by atoms with E-state index < -0.39 is 39.7 Å². The molecule has 0 bridgehead atoms. The number of ether oxygens (including phenoxy) is 2. The third kappa shape index (κ3) is 12.4. The zero-order valence-corrected chi connectivity index (χ0v) is 29.0. The van der Waals surface area contributed by atoms with E-state index in [9.17, 15) is 18.7 Å². The minimum absolute atomic E-state index is 0.0550. The summed E-state index contributed by atoms with van der Waals surface area (Å²) in [6.45, 7) is 13.2. The van der Waals surface area contributed by atoms with Crippen molar-refractivity contribution in [3.8, 4) is 22.6 Å². The maximum atomic E-state index is 14.1. The van der Waals surface area contributed by atoms with Crippen LogP contribution in [0.4, 0.5) is 0 Å². The monoisotopic (exact) mass is 654 g/mol. The Labute approximate surface area is 262 Å². The smallest absolute Gasteiger partial charge is 0.382 e. The Bertz CT molecular complexity index is 1270. The highest BCUT2D eigenvalue weighted by molar-refractivity contribution is 7.54. The molecule has 246 valence electrons. The lowest BCUT2D eigenvalue weighted by molar-refractivity contribution is -0.160. The lowest BCUT2D eigenvalue weighted by Crippen LogP contribution is -2.18. The number of carbonyl (C=O) groups is 2. The molecule has 4 unspecified atom stereocenters. The Hall–Kier alpha value is -2.64. The number of benzene rings is 2. The molecule has 44 heavy (non-hydrogen) atoms. The quantitative estimate of drug-likeness (QED) is 0.0627. The van der Waals surface area contributed by atoms with Gasteiger partial charge in [-0.2, -0.15) is 0 Å². The lowest BCUT2D eigenvalue weighted by Gasteiger charge is -2.27. The summed E-state index contributed by atoms with van der Waals surface area (Å²) in [5.74, 6) is -0.737. The summed E-state index contributed by atoms with van der Waals surface area (Å²) in [6, 6.07) is 11.2. The Balaban J connectivity index is 2.79. The van der Waals surface area contributed by atoms with Crippen molar-refractivity contribution < 1.29 is 46.3 Å². The fourth-order valence-electron chi connectivity index (χ4n) is 4.65. The predicted molar refractivity (Wildman–Crippen MR) is 171 cm³/mol. The van der Waals surface area contributed by atoms with Crippen LogP contribution in [0.2, 0.25) is 0 Å². The van der Waals surface area contributed by atoms with Gasteiger partial charge < -0.3 is 18.5 Å². The number of unbranched alkanes of at least 4 members (excludes halogenated alkanes) is 2. The van der Waals surface area contributed by atoms with Crippen LogP contribution in [0.5, 0.6) is 11.5 Å². The van der Waals surface area contributed by atoms with Gasteiger partial charge in [0.15, 0.2) is 0 Å². The van der Waals surface area contributed by atoms with Gasteiger partial charge in [0.1, 0.15) is 11.5 Å². The topological polar surface area (TPSA) is 124 Å². The molecule has 0 amide bonds. The van der Waals surface area contributed by atoms with Crippen LogP contribution in [-0.2, 0) is 43.7 Å². The van der Waals surface area contributed by atoms with Crippen LogP contribution in [0.3, 0.4) is 0 Å². The SMILES string of the molecule is CCCCCc1cc(OP(=O)(CCC)OC(C)OC(C)=O)c(-c2cccc(C)c2)c(OP(=O)(CCC)OC(C)OC(C)=O)c1. The van der Waals surface area contributed by atoms with E-state index >= 15 is 0 Å². The van der Waals surface area contributed by atoms with Gasteiger partial charge in [-0.05, 0) is 69.7 Å². The van der Waals surface area contributed by atoms with E-state index in [2.05, 4.69) is 6.92 Å². The molecule has 0 aliphatic carbocycles. The van der Waals surface area contributed by atoms with E-state index in [4.69, 9.17) is 27.6 Å². The Kier molecular flexibility index (Phi) is 15.1. The van der Waals surface area contributed by atoms with Gasteiger partial charge in [0.25, 0.3) is 0 Å². The summed E-state index contributed by atoms with van der Waals surface area (Å²) < 4.78 is 62.5. The first-order chi connectivity index (χ1) is 20.7. The fourth-order valence-corrected chi connectivity index (χ4v) is 8.10. The van der Waals surface area contributed by atoms with Crippen molar-refractivity contribution in [1.82, 2.24) is 0 Å². The van der Waals surface area contributed by atoms with E-state index in [0.29, 0.717) is 30.4 Å². The lowest BCUT2D eigenvalue weighted by atomic mass is 9.98. The van der Waals surface area contributed by atoms with E-state index in [1.165, 1.54) is 27.7 Å². The van der Waals surface area contributed by atoms with Crippen LogP contribution in [0.15, 0.2) is 36.4 Å². The van der Waals surface area contributed by atoms with E-state index in [1.54, 1.807) is 12.1 Å². The molecule has 0 spiro atoms. The third-order valence-corrected chi connectivity index (χ3v) is 10.4. The van der Waals surface area contributed by atoms with Gasteiger partial charge >= 0.3 is 27.1 Å². The summed E-state index contributed by atoms with van der Waals surface area (Å²) in [5.41, 5.74) is 2.83. The molecule has 4 atom stereocenters. The van der Waals surface area contributed by atoms with Crippen LogP contribution in [0.1, 0.15) is 91.7 Å². The van der Waals surface area contributed by atoms with Crippen molar-refractivity contribution in [2.24, 2.45) is 0 Å². The van der Waals surface area contributed by atoms with E-state index in [1.807, 2.05) is 45.0 Å². The average molecular weight is 655 g/mol. The highest BCUT2D eigenvalue weighted by Gasteiger charge is 2.34. The van der Waals surface area contributed by atoms with Crippen molar-refractivity contribution in [3.05, 3.63) is 47.5 Å². The van der Waals surface area contributed by atoms with Crippen LogP contribution in [0, 0.1) is 6.92 Å². The molecule has 2 rings (SSSR count). The summed E-state index contributed by atoms with van der Waals surface area (Å²) in [6.07, 6.45) is 2.34. The van der Waals surface area contributed by atoms with E-state index in [-0.39, 0.29) is 23.8 Å². The van der Waals surface area contributed by atoms with Crippen molar-refractivity contribution in [2.75, 3.05) is 12.3 Å². The molecule has 0 aliphatic heterocycles. The van der Waals surface area contributed by atoms with Gasteiger partial charge in [0, 0.05) is 13.8 Å². The maximum Gasteiger partial charge on any atom is 0.382 e.